The van der Waals surface area contributed by atoms with Crippen LogP contribution in [0.15, 0.2) is 33.1 Å². The quantitative estimate of drug-likeness (QED) is 0.684. The third-order valence-electron chi connectivity index (χ3n) is 2.46. The van der Waals surface area contributed by atoms with E-state index in [1.807, 2.05) is 12.1 Å². The number of rotatable bonds is 7. The number of anilines is 1. The predicted molar refractivity (Wildman–Crippen MR) is 95.9 cm³/mol. The first-order valence-electron chi connectivity index (χ1n) is 6.55. The lowest BCUT2D eigenvalue weighted by molar-refractivity contribution is 0.600. The molecule has 0 spiro atoms. The second-order valence-electron chi connectivity index (χ2n) is 5.07. The van der Waals surface area contributed by atoms with Gasteiger partial charge in [-0.15, -0.1) is 10.2 Å². The fourth-order valence-electron chi connectivity index (χ4n) is 1.52. The van der Waals surface area contributed by atoms with E-state index in [2.05, 4.69) is 44.7 Å². The third-order valence-corrected chi connectivity index (χ3v) is 6.73. The van der Waals surface area contributed by atoms with Crippen LogP contribution in [0.5, 0.6) is 0 Å². The van der Waals surface area contributed by atoms with Crippen molar-refractivity contribution < 1.29 is 8.42 Å². The number of benzene rings is 1. The average molecular weight is 422 g/mol. The zero-order valence-corrected chi connectivity index (χ0v) is 16.2. The van der Waals surface area contributed by atoms with Crippen molar-refractivity contribution in [2.24, 2.45) is 5.92 Å². The summed E-state index contributed by atoms with van der Waals surface area (Å²) in [6, 6.07) is 7.17. The Bertz CT molecular complexity index is 714. The molecule has 1 aromatic carbocycles. The van der Waals surface area contributed by atoms with Crippen molar-refractivity contribution in [1.29, 1.82) is 0 Å². The van der Waals surface area contributed by atoms with E-state index in [1.54, 1.807) is 23.9 Å². The zero-order valence-electron chi connectivity index (χ0n) is 12.1. The van der Waals surface area contributed by atoms with Crippen LogP contribution in [0.2, 0.25) is 0 Å². The van der Waals surface area contributed by atoms with Gasteiger partial charge >= 0.3 is 0 Å². The van der Waals surface area contributed by atoms with Crippen LogP contribution >= 0.6 is 39.0 Å². The monoisotopic (exact) mass is 421 g/mol. The Morgan fingerprint density at radius 3 is 2.59 bits per heavy atom. The van der Waals surface area contributed by atoms with E-state index in [1.165, 1.54) is 11.3 Å². The molecule has 0 aliphatic carbocycles. The molecule has 2 aromatic rings. The van der Waals surface area contributed by atoms with Crippen molar-refractivity contribution in [3.05, 3.63) is 34.3 Å². The lowest BCUT2D eigenvalue weighted by Crippen LogP contribution is -2.14. The molecule has 0 fully saturated rings. The molecule has 0 aliphatic heterocycles. The van der Waals surface area contributed by atoms with Crippen molar-refractivity contribution in [2.75, 3.05) is 10.5 Å². The topological polar surface area (TPSA) is 72.0 Å². The molecule has 0 amide bonds. The molecular formula is C13H16BrN3O2S3. The largest absolute Gasteiger partial charge is 0.257 e. The van der Waals surface area contributed by atoms with Gasteiger partial charge in [0.1, 0.15) is 0 Å². The molecule has 1 aromatic heterocycles. The Labute approximate surface area is 147 Å². The van der Waals surface area contributed by atoms with Crippen LogP contribution in [0.1, 0.15) is 19.4 Å². The number of sulfonamides is 1. The van der Waals surface area contributed by atoms with Crippen molar-refractivity contribution in [3.63, 3.8) is 0 Å². The number of nitrogens with one attached hydrogen (secondary N) is 1. The minimum atomic E-state index is -3.49. The molecule has 0 saturated heterocycles. The summed E-state index contributed by atoms with van der Waals surface area (Å²) in [4.78, 5) is 0. The Balaban J connectivity index is 1.98. The SMILES string of the molecule is CC(C)CSc1nnc(NS(=O)(=O)Cc2ccc(Br)cc2)s1. The molecule has 0 saturated carbocycles. The van der Waals surface area contributed by atoms with Crippen molar-refractivity contribution in [2.45, 2.75) is 23.9 Å². The summed E-state index contributed by atoms with van der Waals surface area (Å²) in [6.45, 7) is 4.24. The van der Waals surface area contributed by atoms with Crippen molar-refractivity contribution in [3.8, 4) is 0 Å². The summed E-state index contributed by atoms with van der Waals surface area (Å²) in [7, 11) is -3.49. The molecule has 120 valence electrons. The Morgan fingerprint density at radius 2 is 1.95 bits per heavy atom. The average Bonchev–Trinajstić information content (AvgIpc) is 2.85. The molecule has 22 heavy (non-hydrogen) atoms. The smallest absolute Gasteiger partial charge is 0.238 e. The van der Waals surface area contributed by atoms with Crippen molar-refractivity contribution >= 4 is 54.2 Å². The van der Waals surface area contributed by atoms with E-state index in [9.17, 15) is 8.42 Å². The van der Waals surface area contributed by atoms with Crippen LogP contribution in [0, 0.1) is 5.92 Å². The van der Waals surface area contributed by atoms with Gasteiger partial charge in [0.2, 0.25) is 15.2 Å². The molecule has 0 aliphatic rings. The molecule has 0 bridgehead atoms. The summed E-state index contributed by atoms with van der Waals surface area (Å²) >= 11 is 6.17. The van der Waals surface area contributed by atoms with Gasteiger partial charge in [-0.05, 0) is 23.6 Å². The van der Waals surface area contributed by atoms with Crippen LogP contribution < -0.4 is 4.72 Å². The number of halogens is 1. The summed E-state index contributed by atoms with van der Waals surface area (Å²) in [5.41, 5.74) is 0.717. The zero-order chi connectivity index (χ0) is 16.2. The molecule has 9 heteroatoms. The maximum atomic E-state index is 12.1. The first-order chi connectivity index (χ1) is 10.3. The number of thioether (sulfide) groups is 1. The Morgan fingerprint density at radius 1 is 1.27 bits per heavy atom. The highest BCUT2D eigenvalue weighted by atomic mass is 79.9. The van der Waals surface area contributed by atoms with E-state index in [-0.39, 0.29) is 5.75 Å². The Hall–Kier alpha value is -0.640. The number of aromatic nitrogens is 2. The van der Waals surface area contributed by atoms with Gasteiger partial charge in [-0.25, -0.2) is 8.42 Å². The molecule has 0 unspecified atom stereocenters. The minimum absolute atomic E-state index is 0.0890. The first-order valence-corrected chi connectivity index (χ1v) is 10.8. The van der Waals surface area contributed by atoms with Gasteiger partial charge in [-0.2, -0.15) is 0 Å². The fraction of sp³-hybridized carbons (Fsp3) is 0.385. The van der Waals surface area contributed by atoms with E-state index < -0.39 is 10.0 Å². The van der Waals surface area contributed by atoms with Gasteiger partial charge < -0.3 is 0 Å². The third kappa shape index (κ3) is 5.86. The van der Waals surface area contributed by atoms with Gasteiger partial charge in [-0.1, -0.05) is 65.0 Å². The molecular weight excluding hydrogens is 406 g/mol. The highest BCUT2D eigenvalue weighted by molar-refractivity contribution is 9.10. The lowest BCUT2D eigenvalue weighted by atomic mass is 10.2. The number of hydrogen-bond acceptors (Lipinski definition) is 6. The molecule has 1 N–H and O–H groups in total. The van der Waals surface area contributed by atoms with Crippen LogP contribution in [0.4, 0.5) is 5.13 Å². The van der Waals surface area contributed by atoms with Gasteiger partial charge in [0.15, 0.2) is 4.34 Å². The van der Waals surface area contributed by atoms with E-state index in [0.29, 0.717) is 11.0 Å². The maximum absolute atomic E-state index is 12.1. The molecule has 2 rings (SSSR count). The molecule has 0 atom stereocenters. The predicted octanol–water partition coefficient (Wildman–Crippen LogP) is 3.99. The number of nitrogens with zero attached hydrogens (tertiary/aromatic N) is 2. The lowest BCUT2D eigenvalue weighted by Gasteiger charge is -2.04. The second kappa shape index (κ2) is 7.76. The van der Waals surface area contributed by atoms with Gasteiger partial charge in [0.05, 0.1) is 5.75 Å². The standard InChI is InChI=1S/C13H16BrN3O2S3/c1-9(2)7-20-13-16-15-12(21-13)17-22(18,19)8-10-3-5-11(14)6-4-10/h3-6,9H,7-8H2,1-2H3,(H,15,17). The molecule has 5 nitrogen and oxygen atoms in total. The Kier molecular flexibility index (Phi) is 6.25. The molecule has 0 radical (unpaired) electrons. The van der Waals surface area contributed by atoms with Gasteiger partial charge in [0.25, 0.3) is 0 Å². The summed E-state index contributed by atoms with van der Waals surface area (Å²) in [5, 5.41) is 8.18. The van der Waals surface area contributed by atoms with E-state index in [0.717, 1.165) is 20.1 Å². The van der Waals surface area contributed by atoms with Gasteiger partial charge in [0, 0.05) is 10.2 Å². The molecule has 1 heterocycles. The van der Waals surface area contributed by atoms with Crippen LogP contribution in [0.3, 0.4) is 0 Å². The first kappa shape index (κ1) is 17.7. The summed E-state index contributed by atoms with van der Waals surface area (Å²) in [6.07, 6.45) is 0. The van der Waals surface area contributed by atoms with Gasteiger partial charge in [-0.3, -0.25) is 4.72 Å². The summed E-state index contributed by atoms with van der Waals surface area (Å²) in [5.74, 6) is 1.39. The fourth-order valence-corrected chi connectivity index (χ4v) is 4.92. The van der Waals surface area contributed by atoms with Crippen LogP contribution in [-0.2, 0) is 15.8 Å². The van der Waals surface area contributed by atoms with E-state index in [4.69, 9.17) is 0 Å². The minimum Gasteiger partial charge on any atom is -0.257 e. The van der Waals surface area contributed by atoms with E-state index >= 15 is 0 Å². The highest BCUT2D eigenvalue weighted by Crippen LogP contribution is 2.27. The maximum Gasteiger partial charge on any atom is 0.238 e. The second-order valence-corrected chi connectivity index (χ2v) is 9.95. The highest BCUT2D eigenvalue weighted by Gasteiger charge is 2.15. The van der Waals surface area contributed by atoms with Crippen LogP contribution in [0.25, 0.3) is 0 Å². The summed E-state index contributed by atoms with van der Waals surface area (Å²) < 4.78 is 28.4. The van der Waals surface area contributed by atoms with Crippen molar-refractivity contribution in [1.82, 2.24) is 10.2 Å². The normalized spacial score (nSPS) is 11.8. The van der Waals surface area contributed by atoms with Crippen LogP contribution in [-0.4, -0.2) is 24.4 Å². The number of hydrogen-bond donors (Lipinski definition) is 1.